The first-order valence-corrected chi connectivity index (χ1v) is 6.81. The van der Waals surface area contributed by atoms with Gasteiger partial charge in [0, 0.05) is 6.42 Å². The highest BCUT2D eigenvalue weighted by molar-refractivity contribution is 9.11. The summed E-state index contributed by atoms with van der Waals surface area (Å²) in [6, 6.07) is 5.30. The van der Waals surface area contributed by atoms with Crippen molar-refractivity contribution >= 4 is 33.0 Å². The molecule has 0 N–H and O–H groups in total. The summed E-state index contributed by atoms with van der Waals surface area (Å²) in [6.07, 6.45) is 0.0730. The van der Waals surface area contributed by atoms with Crippen LogP contribution in [0.1, 0.15) is 20.8 Å². The number of thiophene rings is 1. The number of carbonyl (C=O) groups is 1. The molecule has 1 heterocycles. The lowest BCUT2D eigenvalue weighted by molar-refractivity contribution is 0.0996. The van der Waals surface area contributed by atoms with Crippen LogP contribution in [0, 0.1) is 18.6 Å². The molecule has 18 heavy (non-hydrogen) atoms. The Balaban J connectivity index is 2.18. The van der Waals surface area contributed by atoms with Crippen LogP contribution in [0.5, 0.6) is 0 Å². The molecule has 0 bridgehead atoms. The average molecular weight is 331 g/mol. The van der Waals surface area contributed by atoms with Crippen molar-refractivity contribution < 1.29 is 13.6 Å². The maximum Gasteiger partial charge on any atom is 0.177 e. The summed E-state index contributed by atoms with van der Waals surface area (Å²) in [4.78, 5) is 12.6. The largest absolute Gasteiger partial charge is 0.293 e. The van der Waals surface area contributed by atoms with Crippen molar-refractivity contribution in [2.45, 2.75) is 13.3 Å². The number of Topliss-reactive ketones (excluding diaryl/α,β-unsaturated/α-hetero) is 1. The van der Waals surface area contributed by atoms with Crippen molar-refractivity contribution in [2.75, 3.05) is 0 Å². The fourth-order valence-corrected chi connectivity index (χ4v) is 2.99. The van der Waals surface area contributed by atoms with E-state index < -0.39 is 11.6 Å². The van der Waals surface area contributed by atoms with Gasteiger partial charge in [0.05, 0.1) is 8.66 Å². The zero-order valence-electron chi connectivity index (χ0n) is 9.47. The van der Waals surface area contributed by atoms with E-state index in [0.29, 0.717) is 10.4 Å². The molecule has 0 atom stereocenters. The van der Waals surface area contributed by atoms with Crippen LogP contribution in [0.2, 0.25) is 0 Å². The fourth-order valence-electron chi connectivity index (χ4n) is 1.52. The molecule has 0 saturated heterocycles. The van der Waals surface area contributed by atoms with Crippen LogP contribution in [0.4, 0.5) is 8.78 Å². The fraction of sp³-hybridized carbons (Fsp3) is 0.154. The quantitative estimate of drug-likeness (QED) is 0.756. The zero-order valence-corrected chi connectivity index (χ0v) is 11.9. The molecule has 0 spiro atoms. The molecule has 0 fully saturated rings. The molecule has 0 saturated carbocycles. The highest BCUT2D eigenvalue weighted by Crippen LogP contribution is 2.28. The number of hydrogen-bond acceptors (Lipinski definition) is 2. The molecule has 0 amide bonds. The molecule has 2 aromatic rings. The van der Waals surface area contributed by atoms with E-state index >= 15 is 0 Å². The molecule has 0 aliphatic heterocycles. The number of halogens is 3. The first-order valence-electron chi connectivity index (χ1n) is 5.20. The van der Waals surface area contributed by atoms with Gasteiger partial charge in [0.1, 0.15) is 0 Å². The summed E-state index contributed by atoms with van der Waals surface area (Å²) < 4.78 is 26.7. The number of benzene rings is 1. The number of ketones is 1. The molecular formula is C13H9BrF2OS. The lowest BCUT2D eigenvalue weighted by Gasteiger charge is -2.00. The molecule has 1 nitrogen and oxygen atoms in total. The third kappa shape index (κ3) is 2.84. The molecule has 0 aliphatic carbocycles. The van der Waals surface area contributed by atoms with E-state index in [1.807, 2.05) is 6.92 Å². The van der Waals surface area contributed by atoms with Gasteiger partial charge in [-0.05, 0) is 52.2 Å². The van der Waals surface area contributed by atoms with Crippen molar-refractivity contribution in [3.8, 4) is 0 Å². The van der Waals surface area contributed by atoms with Crippen molar-refractivity contribution in [2.24, 2.45) is 0 Å². The minimum Gasteiger partial charge on any atom is -0.293 e. The monoisotopic (exact) mass is 330 g/mol. The Bertz CT molecular complexity index is 588. The van der Waals surface area contributed by atoms with Crippen LogP contribution in [-0.2, 0) is 6.42 Å². The third-order valence-electron chi connectivity index (χ3n) is 2.48. The summed E-state index contributed by atoms with van der Waals surface area (Å²) in [6.45, 7) is 1.90. The normalized spacial score (nSPS) is 10.7. The lowest BCUT2D eigenvalue weighted by Crippen LogP contribution is -2.02. The Morgan fingerprint density at radius 3 is 2.56 bits per heavy atom. The molecule has 2 rings (SSSR count). The van der Waals surface area contributed by atoms with Crippen molar-refractivity contribution in [1.29, 1.82) is 0 Å². The Kier molecular flexibility index (Phi) is 3.92. The average Bonchev–Trinajstić information content (AvgIpc) is 2.65. The summed E-state index contributed by atoms with van der Waals surface area (Å²) >= 11 is 4.70. The molecule has 0 radical (unpaired) electrons. The van der Waals surface area contributed by atoms with Crippen LogP contribution in [0.15, 0.2) is 28.1 Å². The summed E-state index contributed by atoms with van der Waals surface area (Å²) in [5, 5.41) is 0. The highest BCUT2D eigenvalue weighted by Gasteiger charge is 2.13. The molecule has 1 aromatic heterocycles. The second-order valence-electron chi connectivity index (χ2n) is 3.92. The zero-order chi connectivity index (χ0) is 13.3. The van der Waals surface area contributed by atoms with E-state index in [1.165, 1.54) is 17.4 Å². The standard InChI is InChI=1S/C13H9BrF2OS/c1-7-4-12(18-13(7)14)11(17)6-8-2-3-9(15)10(16)5-8/h2-5H,6H2,1H3. The molecule has 5 heteroatoms. The van der Waals surface area contributed by atoms with Crippen molar-refractivity contribution in [3.63, 3.8) is 0 Å². The van der Waals surface area contributed by atoms with Gasteiger partial charge in [-0.3, -0.25) is 4.79 Å². The molecule has 1 aromatic carbocycles. The van der Waals surface area contributed by atoms with Gasteiger partial charge in [-0.1, -0.05) is 6.07 Å². The van der Waals surface area contributed by atoms with E-state index in [-0.39, 0.29) is 12.2 Å². The maximum absolute atomic E-state index is 13.0. The van der Waals surface area contributed by atoms with Crippen LogP contribution in [-0.4, -0.2) is 5.78 Å². The van der Waals surface area contributed by atoms with E-state index in [2.05, 4.69) is 15.9 Å². The van der Waals surface area contributed by atoms with Gasteiger partial charge < -0.3 is 0 Å². The van der Waals surface area contributed by atoms with Gasteiger partial charge in [0.2, 0.25) is 0 Å². The Labute approximate surface area is 116 Å². The van der Waals surface area contributed by atoms with Crippen LogP contribution in [0.3, 0.4) is 0 Å². The van der Waals surface area contributed by atoms with Crippen LogP contribution in [0.25, 0.3) is 0 Å². The smallest absolute Gasteiger partial charge is 0.177 e. The number of rotatable bonds is 3. The highest BCUT2D eigenvalue weighted by atomic mass is 79.9. The number of aryl methyl sites for hydroxylation is 1. The Morgan fingerprint density at radius 2 is 2.00 bits per heavy atom. The SMILES string of the molecule is Cc1cc(C(=O)Cc2ccc(F)c(F)c2)sc1Br. The lowest BCUT2D eigenvalue weighted by atomic mass is 10.1. The minimum absolute atomic E-state index is 0.0730. The minimum atomic E-state index is -0.927. The predicted octanol–water partition coefficient (Wildman–Crippen LogP) is 4.52. The van der Waals surface area contributed by atoms with Crippen molar-refractivity contribution in [3.05, 3.63) is 55.7 Å². The van der Waals surface area contributed by atoms with E-state index in [1.54, 1.807) is 6.07 Å². The third-order valence-corrected chi connectivity index (χ3v) is 4.66. The second-order valence-corrected chi connectivity index (χ2v) is 6.29. The summed E-state index contributed by atoms with van der Waals surface area (Å²) in [7, 11) is 0. The van der Waals surface area contributed by atoms with Crippen LogP contribution < -0.4 is 0 Å². The molecular weight excluding hydrogens is 322 g/mol. The predicted molar refractivity (Wildman–Crippen MR) is 71.1 cm³/mol. The number of carbonyl (C=O) groups excluding carboxylic acids is 1. The second kappa shape index (κ2) is 5.28. The molecule has 0 unspecified atom stereocenters. The summed E-state index contributed by atoms with van der Waals surface area (Å²) in [5.41, 5.74) is 1.47. The van der Waals surface area contributed by atoms with Gasteiger partial charge >= 0.3 is 0 Å². The first kappa shape index (κ1) is 13.4. The Hall–Kier alpha value is -1.07. The Morgan fingerprint density at radius 1 is 1.28 bits per heavy atom. The summed E-state index contributed by atoms with van der Waals surface area (Å²) in [5.74, 6) is -1.93. The topological polar surface area (TPSA) is 17.1 Å². The van der Waals surface area contributed by atoms with Gasteiger partial charge in [0.15, 0.2) is 17.4 Å². The van der Waals surface area contributed by atoms with Gasteiger partial charge in [-0.15, -0.1) is 11.3 Å². The van der Waals surface area contributed by atoms with Gasteiger partial charge in [-0.2, -0.15) is 0 Å². The van der Waals surface area contributed by atoms with Gasteiger partial charge in [-0.25, -0.2) is 8.78 Å². The van der Waals surface area contributed by atoms with E-state index in [4.69, 9.17) is 0 Å². The van der Waals surface area contributed by atoms with E-state index in [9.17, 15) is 13.6 Å². The van der Waals surface area contributed by atoms with E-state index in [0.717, 1.165) is 21.5 Å². The number of hydrogen-bond donors (Lipinski definition) is 0. The maximum atomic E-state index is 13.0. The molecule has 94 valence electrons. The van der Waals surface area contributed by atoms with Crippen molar-refractivity contribution in [1.82, 2.24) is 0 Å². The van der Waals surface area contributed by atoms with Crippen LogP contribution >= 0.6 is 27.3 Å². The van der Waals surface area contributed by atoms with Gasteiger partial charge in [0.25, 0.3) is 0 Å². The first-order chi connectivity index (χ1) is 8.47. The molecule has 0 aliphatic rings.